The molecule has 5 heteroatoms. The molecule has 1 aromatic carbocycles. The van der Waals surface area contributed by atoms with E-state index in [1.807, 2.05) is 0 Å². The number of nitrogens with zero attached hydrogens (tertiary/aromatic N) is 1. The van der Waals surface area contributed by atoms with Crippen LogP contribution in [0.4, 0.5) is 5.69 Å². The molecule has 0 N–H and O–H groups in total. The Labute approximate surface area is 72.9 Å². The van der Waals surface area contributed by atoms with Crippen molar-refractivity contribution in [3.63, 3.8) is 0 Å². The molecular formula is C7H9NO3Si. The molecule has 0 amide bonds. The van der Waals surface area contributed by atoms with Crippen LogP contribution in [0.2, 0.25) is 0 Å². The summed E-state index contributed by atoms with van der Waals surface area (Å²) in [6, 6.07) is 6.37. The van der Waals surface area contributed by atoms with Crippen molar-refractivity contribution < 1.29 is 9.35 Å². The fourth-order valence-electron chi connectivity index (χ4n) is 0.881. The topological polar surface area (TPSA) is 52.4 Å². The van der Waals surface area contributed by atoms with Crippen LogP contribution in [0.1, 0.15) is 5.56 Å². The number of hydrogen-bond donors (Lipinski definition) is 0. The molecule has 0 heterocycles. The van der Waals surface area contributed by atoms with Gasteiger partial charge in [-0.05, 0) is 17.7 Å². The van der Waals surface area contributed by atoms with Crippen LogP contribution >= 0.6 is 0 Å². The second-order valence-electron chi connectivity index (χ2n) is 2.36. The molecule has 1 rings (SSSR count). The average Bonchev–Trinajstić information content (AvgIpc) is 2.06. The van der Waals surface area contributed by atoms with Crippen molar-refractivity contribution in [2.24, 2.45) is 0 Å². The normalized spacial score (nSPS) is 10.0. The summed E-state index contributed by atoms with van der Waals surface area (Å²) in [7, 11) is 0.685. The summed E-state index contributed by atoms with van der Waals surface area (Å²) in [5, 5.41) is 10.3. The number of nitro groups is 1. The molecule has 0 bridgehead atoms. The van der Waals surface area contributed by atoms with Crippen molar-refractivity contribution in [1.82, 2.24) is 0 Å². The molecule has 0 fully saturated rings. The Morgan fingerprint density at radius 1 is 1.42 bits per heavy atom. The first kappa shape index (κ1) is 8.89. The molecule has 0 unspecified atom stereocenters. The van der Waals surface area contributed by atoms with Gasteiger partial charge in [0.1, 0.15) is 10.5 Å². The van der Waals surface area contributed by atoms with Crippen LogP contribution in [0.25, 0.3) is 0 Å². The molecule has 64 valence electrons. The molecule has 0 saturated heterocycles. The van der Waals surface area contributed by atoms with Gasteiger partial charge in [-0.3, -0.25) is 10.1 Å². The monoisotopic (exact) mass is 183 g/mol. The van der Waals surface area contributed by atoms with Gasteiger partial charge in [0.15, 0.2) is 0 Å². The number of non-ortho nitro benzene ring substituents is 1. The Hall–Kier alpha value is -1.20. The third-order valence-electron chi connectivity index (χ3n) is 1.46. The van der Waals surface area contributed by atoms with E-state index in [1.165, 1.54) is 12.1 Å². The first-order chi connectivity index (χ1) is 5.74. The summed E-state index contributed by atoms with van der Waals surface area (Å²) < 4.78 is 5.00. The molecular weight excluding hydrogens is 174 g/mol. The molecule has 0 aliphatic carbocycles. The first-order valence-corrected chi connectivity index (χ1v) is 4.28. The van der Waals surface area contributed by atoms with Crippen molar-refractivity contribution in [1.29, 1.82) is 0 Å². The van der Waals surface area contributed by atoms with Gasteiger partial charge in [0, 0.05) is 12.1 Å². The lowest BCUT2D eigenvalue weighted by atomic mass is 10.2. The molecule has 0 radical (unpaired) electrons. The van der Waals surface area contributed by atoms with E-state index in [4.69, 9.17) is 4.43 Å². The maximum atomic E-state index is 10.3. The van der Waals surface area contributed by atoms with Crippen LogP contribution in [0.3, 0.4) is 0 Å². The van der Waals surface area contributed by atoms with Crippen molar-refractivity contribution in [3.05, 3.63) is 39.9 Å². The van der Waals surface area contributed by atoms with Crippen LogP contribution in [-0.4, -0.2) is 15.4 Å². The van der Waals surface area contributed by atoms with Gasteiger partial charge in [-0.15, -0.1) is 0 Å². The summed E-state index contributed by atoms with van der Waals surface area (Å²) in [6.07, 6.45) is 0. The Balaban J connectivity index is 2.78. The van der Waals surface area contributed by atoms with Gasteiger partial charge in [0.05, 0.1) is 11.5 Å². The highest BCUT2D eigenvalue weighted by molar-refractivity contribution is 5.97. The van der Waals surface area contributed by atoms with Crippen LogP contribution in [0.5, 0.6) is 0 Å². The largest absolute Gasteiger partial charge is 0.424 e. The van der Waals surface area contributed by atoms with E-state index in [-0.39, 0.29) is 5.69 Å². The molecule has 1 aromatic rings. The van der Waals surface area contributed by atoms with Gasteiger partial charge >= 0.3 is 0 Å². The minimum atomic E-state index is -0.411. The molecule has 0 aliphatic heterocycles. The van der Waals surface area contributed by atoms with Crippen molar-refractivity contribution in [3.8, 4) is 0 Å². The van der Waals surface area contributed by atoms with E-state index in [9.17, 15) is 10.1 Å². The minimum absolute atomic E-state index is 0.118. The van der Waals surface area contributed by atoms with E-state index in [1.54, 1.807) is 12.1 Å². The average molecular weight is 183 g/mol. The number of benzene rings is 1. The molecule has 0 atom stereocenters. The third-order valence-corrected chi connectivity index (χ3v) is 1.75. The quantitative estimate of drug-likeness (QED) is 0.387. The Morgan fingerprint density at radius 3 is 2.42 bits per heavy atom. The van der Waals surface area contributed by atoms with E-state index in [0.29, 0.717) is 17.1 Å². The van der Waals surface area contributed by atoms with Crippen molar-refractivity contribution >= 4 is 16.2 Å². The molecule has 0 aliphatic rings. The molecule has 12 heavy (non-hydrogen) atoms. The van der Waals surface area contributed by atoms with Crippen molar-refractivity contribution in [2.75, 3.05) is 0 Å². The smallest absolute Gasteiger partial charge is 0.269 e. The minimum Gasteiger partial charge on any atom is -0.424 e. The highest BCUT2D eigenvalue weighted by Gasteiger charge is 2.02. The van der Waals surface area contributed by atoms with E-state index >= 15 is 0 Å². The summed E-state index contributed by atoms with van der Waals surface area (Å²) in [6.45, 7) is 0.546. The SMILES string of the molecule is O=[N+]([O-])c1ccc(CO[SiH3])cc1. The number of rotatable bonds is 3. The highest BCUT2D eigenvalue weighted by atomic mass is 28.2. The summed E-state index contributed by atoms with van der Waals surface area (Å²) in [5.41, 5.74) is 1.09. The maximum Gasteiger partial charge on any atom is 0.269 e. The zero-order valence-electron chi connectivity index (χ0n) is 6.69. The Morgan fingerprint density at radius 2 is 2.00 bits per heavy atom. The Kier molecular flexibility index (Phi) is 2.95. The lowest BCUT2D eigenvalue weighted by Gasteiger charge is -1.97. The standard InChI is InChI=1S/C7H9NO3Si/c9-8(10)7-3-1-6(2-4-7)5-11-12/h1-4H,5H2,12H3. The van der Waals surface area contributed by atoms with Gasteiger partial charge in [-0.25, -0.2) is 0 Å². The summed E-state index contributed by atoms with van der Waals surface area (Å²) in [5.74, 6) is 0. The van der Waals surface area contributed by atoms with Gasteiger partial charge in [-0.2, -0.15) is 0 Å². The summed E-state index contributed by atoms with van der Waals surface area (Å²) >= 11 is 0. The predicted molar refractivity (Wildman–Crippen MR) is 47.8 cm³/mol. The maximum absolute atomic E-state index is 10.3. The van der Waals surface area contributed by atoms with E-state index in [2.05, 4.69) is 0 Å². The van der Waals surface area contributed by atoms with Gasteiger partial charge in [-0.1, -0.05) is 0 Å². The molecule has 0 aromatic heterocycles. The second-order valence-corrected chi connectivity index (χ2v) is 2.93. The zero-order chi connectivity index (χ0) is 8.97. The van der Waals surface area contributed by atoms with Gasteiger partial charge < -0.3 is 4.43 Å². The molecule has 4 nitrogen and oxygen atoms in total. The lowest BCUT2D eigenvalue weighted by Crippen LogP contribution is -1.90. The highest BCUT2D eigenvalue weighted by Crippen LogP contribution is 2.11. The van der Waals surface area contributed by atoms with Crippen LogP contribution in [-0.2, 0) is 11.0 Å². The fraction of sp³-hybridized carbons (Fsp3) is 0.143. The van der Waals surface area contributed by atoms with E-state index in [0.717, 1.165) is 5.56 Å². The fourth-order valence-corrected chi connectivity index (χ4v) is 1.21. The number of hydrogen-bond acceptors (Lipinski definition) is 3. The zero-order valence-corrected chi connectivity index (χ0v) is 8.69. The summed E-state index contributed by atoms with van der Waals surface area (Å²) in [4.78, 5) is 9.84. The Bertz CT molecular complexity index is 272. The predicted octanol–water partition coefficient (Wildman–Crippen LogP) is 0.392. The molecule has 0 spiro atoms. The third kappa shape index (κ3) is 2.14. The second kappa shape index (κ2) is 3.98. The van der Waals surface area contributed by atoms with Crippen LogP contribution in [0.15, 0.2) is 24.3 Å². The van der Waals surface area contributed by atoms with E-state index < -0.39 is 4.92 Å². The first-order valence-electron chi connectivity index (χ1n) is 3.46. The van der Waals surface area contributed by atoms with Gasteiger partial charge in [0.25, 0.3) is 5.69 Å². The lowest BCUT2D eigenvalue weighted by molar-refractivity contribution is -0.384. The number of nitro benzene ring substituents is 1. The van der Waals surface area contributed by atoms with Crippen LogP contribution in [0, 0.1) is 10.1 Å². The van der Waals surface area contributed by atoms with Crippen LogP contribution < -0.4 is 0 Å². The van der Waals surface area contributed by atoms with Gasteiger partial charge in [0.2, 0.25) is 0 Å². The molecule has 0 saturated carbocycles. The van der Waals surface area contributed by atoms with Crippen molar-refractivity contribution in [2.45, 2.75) is 6.61 Å².